The van der Waals surface area contributed by atoms with Crippen LogP contribution in [0.25, 0.3) is 0 Å². The Hall–Kier alpha value is -3.48. The fourth-order valence-electron chi connectivity index (χ4n) is 7.72. The molecule has 0 bridgehead atoms. The molecule has 0 fully saturated rings. The van der Waals surface area contributed by atoms with Crippen LogP contribution in [0.5, 0.6) is 0 Å². The van der Waals surface area contributed by atoms with Gasteiger partial charge in [-0.2, -0.15) is 0 Å². The minimum absolute atomic E-state index is 0.0615. The molecule has 382 valence electrons. The van der Waals surface area contributed by atoms with Crippen LogP contribution in [0.3, 0.4) is 0 Å². The standard InChI is InChI=1S/C61H103NO5/c1-4-7-10-13-16-19-22-25-27-29-31-33-36-39-42-45-48-51-54-61(66)67-57(52-49-46-43-40-37-35-32-30-28-26-23-20-17-14-11-8-5-2)55-60(65)62-58(56-63)59(64)53-50-47-44-41-38-34-24-21-18-15-12-9-6-3/h8,11,17,20,22,25-29,31-33,35,40,43,49,52,57-59,63-64H,4-7,9-10,12-16,18-19,21,23-24,30,34,36-39,41-42,44-48,50-51,53-56H2,1-3H3,(H,62,65)/b11-8-,20-17-,25-22+,28-26-,29-27+,33-31+,35-32-,43-40-,52-49-. The summed E-state index contributed by atoms with van der Waals surface area (Å²) in [5.41, 5.74) is 0. The zero-order chi connectivity index (χ0) is 48.8. The lowest BCUT2D eigenvalue weighted by molar-refractivity contribution is -0.148. The van der Waals surface area contributed by atoms with E-state index in [4.69, 9.17) is 4.74 Å². The third kappa shape index (κ3) is 48.8. The molecule has 6 nitrogen and oxygen atoms in total. The average Bonchev–Trinajstić information content (AvgIpc) is 3.32. The van der Waals surface area contributed by atoms with Crippen LogP contribution in [0.4, 0.5) is 0 Å². The Balaban J connectivity index is 4.81. The molecule has 0 saturated carbocycles. The number of ether oxygens (including phenoxy) is 1. The van der Waals surface area contributed by atoms with Crippen molar-refractivity contribution in [1.82, 2.24) is 5.32 Å². The molecule has 0 saturated heterocycles. The van der Waals surface area contributed by atoms with Gasteiger partial charge >= 0.3 is 5.97 Å². The van der Waals surface area contributed by atoms with Gasteiger partial charge in [-0.15, -0.1) is 0 Å². The molecule has 0 aromatic carbocycles. The highest BCUT2D eigenvalue weighted by Crippen LogP contribution is 2.16. The van der Waals surface area contributed by atoms with E-state index in [1.54, 1.807) is 6.08 Å². The number of allylic oxidation sites excluding steroid dienone is 17. The molecule has 0 aliphatic carbocycles. The highest BCUT2D eigenvalue weighted by Gasteiger charge is 2.23. The Morgan fingerprint density at radius 3 is 1.33 bits per heavy atom. The minimum atomic E-state index is -0.830. The third-order valence-electron chi connectivity index (χ3n) is 11.9. The zero-order valence-corrected chi connectivity index (χ0v) is 43.5. The third-order valence-corrected chi connectivity index (χ3v) is 11.9. The van der Waals surface area contributed by atoms with Gasteiger partial charge in [0.25, 0.3) is 0 Å². The predicted molar refractivity (Wildman–Crippen MR) is 291 cm³/mol. The number of carbonyl (C=O) groups excluding carboxylic acids is 2. The van der Waals surface area contributed by atoms with Gasteiger partial charge in [0.2, 0.25) is 5.91 Å². The Labute approximate surface area is 413 Å². The second kappa shape index (κ2) is 53.5. The smallest absolute Gasteiger partial charge is 0.306 e. The van der Waals surface area contributed by atoms with E-state index < -0.39 is 18.2 Å². The first-order chi connectivity index (χ1) is 33.0. The van der Waals surface area contributed by atoms with E-state index in [9.17, 15) is 19.8 Å². The van der Waals surface area contributed by atoms with E-state index in [2.05, 4.69) is 123 Å². The average molecular weight is 930 g/mol. The van der Waals surface area contributed by atoms with Crippen LogP contribution in [0.15, 0.2) is 109 Å². The maximum Gasteiger partial charge on any atom is 0.306 e. The van der Waals surface area contributed by atoms with Crippen molar-refractivity contribution in [2.24, 2.45) is 0 Å². The second-order valence-electron chi connectivity index (χ2n) is 18.3. The predicted octanol–water partition coefficient (Wildman–Crippen LogP) is 17.1. The van der Waals surface area contributed by atoms with Crippen LogP contribution in [-0.4, -0.2) is 46.9 Å². The SMILES string of the molecule is CC/C=C\C/C=C\C/C=C\C/C=C\C/C=C\C/C=C\C(CC(=O)NC(CO)C(O)CCCCCCCCCCCCCCC)OC(=O)CCCCCCC/C=C/C=C/C=C/CCCCCCC. The number of amides is 1. The summed E-state index contributed by atoms with van der Waals surface area (Å²) in [5, 5.41) is 23.8. The summed E-state index contributed by atoms with van der Waals surface area (Å²) in [7, 11) is 0. The highest BCUT2D eigenvalue weighted by molar-refractivity contribution is 5.78. The van der Waals surface area contributed by atoms with Crippen molar-refractivity contribution in [2.45, 2.75) is 257 Å². The Bertz CT molecular complexity index is 1370. The van der Waals surface area contributed by atoms with Gasteiger partial charge in [0.15, 0.2) is 0 Å². The minimum Gasteiger partial charge on any atom is -0.458 e. The van der Waals surface area contributed by atoms with Crippen molar-refractivity contribution in [3.05, 3.63) is 109 Å². The summed E-state index contributed by atoms with van der Waals surface area (Å²) >= 11 is 0. The Morgan fingerprint density at radius 2 is 0.881 bits per heavy atom. The number of rotatable bonds is 48. The number of aliphatic hydroxyl groups excluding tert-OH is 2. The second-order valence-corrected chi connectivity index (χ2v) is 18.3. The van der Waals surface area contributed by atoms with Crippen molar-refractivity contribution in [3.63, 3.8) is 0 Å². The highest BCUT2D eigenvalue weighted by atomic mass is 16.5. The number of aliphatic hydroxyl groups is 2. The van der Waals surface area contributed by atoms with Crippen LogP contribution in [-0.2, 0) is 14.3 Å². The van der Waals surface area contributed by atoms with Gasteiger partial charge < -0.3 is 20.3 Å². The Kier molecular flexibility index (Phi) is 50.7. The summed E-state index contributed by atoms with van der Waals surface area (Å²) in [4.78, 5) is 26.2. The molecule has 6 heteroatoms. The van der Waals surface area contributed by atoms with E-state index in [0.29, 0.717) is 19.3 Å². The molecule has 0 aromatic heterocycles. The molecule has 3 unspecified atom stereocenters. The Morgan fingerprint density at radius 1 is 0.478 bits per heavy atom. The van der Waals surface area contributed by atoms with E-state index in [1.165, 1.54) is 96.3 Å². The van der Waals surface area contributed by atoms with Gasteiger partial charge in [0.1, 0.15) is 6.10 Å². The maximum absolute atomic E-state index is 13.2. The van der Waals surface area contributed by atoms with Gasteiger partial charge in [-0.25, -0.2) is 0 Å². The molecule has 3 N–H and O–H groups in total. The lowest BCUT2D eigenvalue weighted by Crippen LogP contribution is -2.46. The van der Waals surface area contributed by atoms with Crippen LogP contribution in [0.1, 0.15) is 239 Å². The number of hydrogen-bond donors (Lipinski definition) is 3. The molecule has 0 heterocycles. The molecule has 1 amide bonds. The van der Waals surface area contributed by atoms with Gasteiger partial charge in [0, 0.05) is 6.42 Å². The van der Waals surface area contributed by atoms with E-state index >= 15 is 0 Å². The summed E-state index contributed by atoms with van der Waals surface area (Å²) in [5.74, 6) is -0.659. The van der Waals surface area contributed by atoms with Gasteiger partial charge in [-0.3, -0.25) is 9.59 Å². The quantitative estimate of drug-likeness (QED) is 0.0244. The summed E-state index contributed by atoms with van der Waals surface area (Å²) in [6.45, 7) is 6.31. The van der Waals surface area contributed by atoms with Crippen molar-refractivity contribution in [1.29, 1.82) is 0 Å². The van der Waals surface area contributed by atoms with Crippen LogP contribution in [0, 0.1) is 0 Å². The number of carbonyl (C=O) groups is 2. The topological polar surface area (TPSA) is 95.9 Å². The number of unbranched alkanes of at least 4 members (excludes halogenated alkanes) is 22. The van der Waals surface area contributed by atoms with Crippen molar-refractivity contribution >= 4 is 11.9 Å². The zero-order valence-electron chi connectivity index (χ0n) is 43.5. The molecular weight excluding hydrogens is 827 g/mol. The van der Waals surface area contributed by atoms with Crippen LogP contribution in [0.2, 0.25) is 0 Å². The lowest BCUT2D eigenvalue weighted by Gasteiger charge is -2.23. The normalized spacial score (nSPS) is 14.0. The first-order valence-electron chi connectivity index (χ1n) is 27.7. The van der Waals surface area contributed by atoms with E-state index in [0.717, 1.165) is 96.3 Å². The lowest BCUT2D eigenvalue weighted by atomic mass is 10.0. The van der Waals surface area contributed by atoms with Crippen LogP contribution >= 0.6 is 0 Å². The monoisotopic (exact) mass is 930 g/mol. The van der Waals surface area contributed by atoms with Crippen molar-refractivity contribution in [3.8, 4) is 0 Å². The maximum atomic E-state index is 13.2. The molecule has 0 aliphatic rings. The number of nitrogens with one attached hydrogen (secondary N) is 1. The molecule has 67 heavy (non-hydrogen) atoms. The fourth-order valence-corrected chi connectivity index (χ4v) is 7.72. The van der Waals surface area contributed by atoms with Crippen molar-refractivity contribution in [2.75, 3.05) is 6.61 Å². The van der Waals surface area contributed by atoms with Crippen LogP contribution < -0.4 is 5.32 Å². The fraction of sp³-hybridized carbons (Fsp3) is 0.672. The molecule has 0 radical (unpaired) electrons. The van der Waals surface area contributed by atoms with Crippen molar-refractivity contribution < 1.29 is 24.5 Å². The molecule has 0 spiro atoms. The largest absolute Gasteiger partial charge is 0.458 e. The number of hydrogen-bond acceptors (Lipinski definition) is 5. The van der Waals surface area contributed by atoms with Gasteiger partial charge in [-0.05, 0) is 83.1 Å². The molecule has 0 aliphatic heterocycles. The summed E-state index contributed by atoms with van der Waals surface area (Å²) in [6, 6.07) is -0.754. The summed E-state index contributed by atoms with van der Waals surface area (Å²) < 4.78 is 5.83. The molecular formula is C61H103NO5. The van der Waals surface area contributed by atoms with Gasteiger partial charge in [0.05, 0.1) is 25.2 Å². The first-order valence-corrected chi connectivity index (χ1v) is 27.7. The molecule has 3 atom stereocenters. The molecule has 0 rings (SSSR count). The van der Waals surface area contributed by atoms with E-state index in [-0.39, 0.29) is 24.9 Å². The number of esters is 1. The first kappa shape index (κ1) is 63.5. The van der Waals surface area contributed by atoms with E-state index in [1.807, 2.05) is 6.08 Å². The van der Waals surface area contributed by atoms with Gasteiger partial charge in [-0.1, -0.05) is 252 Å². The summed E-state index contributed by atoms with van der Waals surface area (Å²) in [6.07, 6.45) is 73.2. The molecule has 0 aromatic rings.